The molecule has 3 rings (SSSR count). The lowest BCUT2D eigenvalue weighted by Crippen LogP contribution is -2.68. The fraction of sp³-hybridized carbons (Fsp3) is 1.00. The molecule has 3 aliphatic rings. The quantitative estimate of drug-likeness (QED) is 0.585. The van der Waals surface area contributed by atoms with Gasteiger partial charge < -0.3 is 14.9 Å². The van der Waals surface area contributed by atoms with Crippen LogP contribution in [0, 0.1) is 5.92 Å². The van der Waals surface area contributed by atoms with Gasteiger partial charge in [0.2, 0.25) is 0 Å². The van der Waals surface area contributed by atoms with Crippen molar-refractivity contribution in [2.45, 2.75) is 57.0 Å². The summed E-state index contributed by atoms with van der Waals surface area (Å²) in [4.78, 5) is 0. The van der Waals surface area contributed by atoms with Crippen LogP contribution in [0.5, 0.6) is 0 Å². The number of aliphatic hydroxyl groups excluding tert-OH is 2. The lowest BCUT2D eigenvalue weighted by atomic mass is 9.65. The second-order valence-corrected chi connectivity index (χ2v) is 5.10. The zero-order valence-electron chi connectivity index (χ0n) is 8.45. The number of fused-ring (bicyclic) bond motifs is 3. The molecule has 0 aromatic rings. The molecule has 0 spiro atoms. The molecule has 1 aliphatic carbocycles. The third-order valence-corrected chi connectivity index (χ3v) is 3.70. The number of aliphatic hydroxyl groups is 2. The normalized spacial score (nSPS) is 53.8. The van der Waals surface area contributed by atoms with Gasteiger partial charge >= 0.3 is 0 Å². The highest BCUT2D eigenvalue weighted by atomic mass is 16.5. The molecule has 4 atom stereocenters. The van der Waals surface area contributed by atoms with Gasteiger partial charge in [0.05, 0.1) is 17.3 Å². The van der Waals surface area contributed by atoms with Crippen LogP contribution < -0.4 is 0 Å². The second kappa shape index (κ2) is 2.47. The molecule has 2 N–H and O–H groups in total. The van der Waals surface area contributed by atoms with E-state index < -0.39 is 17.8 Å². The van der Waals surface area contributed by atoms with Gasteiger partial charge in [0.1, 0.15) is 6.10 Å². The van der Waals surface area contributed by atoms with Crippen LogP contribution in [0.15, 0.2) is 0 Å². The smallest absolute Gasteiger partial charge is 0.109 e. The van der Waals surface area contributed by atoms with E-state index in [9.17, 15) is 10.2 Å². The maximum Gasteiger partial charge on any atom is 0.109 e. The van der Waals surface area contributed by atoms with Crippen molar-refractivity contribution in [1.82, 2.24) is 0 Å². The highest BCUT2D eigenvalue weighted by Crippen LogP contribution is 2.49. The summed E-state index contributed by atoms with van der Waals surface area (Å²) in [6.07, 6.45) is 0.447. The summed E-state index contributed by atoms with van der Waals surface area (Å²) in [6.45, 7) is 5.87. The molecule has 3 nitrogen and oxygen atoms in total. The van der Waals surface area contributed by atoms with Crippen LogP contribution in [-0.2, 0) is 4.74 Å². The van der Waals surface area contributed by atoms with Crippen molar-refractivity contribution < 1.29 is 14.9 Å². The summed E-state index contributed by atoms with van der Waals surface area (Å²) in [5.74, 6) is 0.0734. The van der Waals surface area contributed by atoms with Gasteiger partial charge in [-0.25, -0.2) is 0 Å². The van der Waals surface area contributed by atoms with E-state index in [2.05, 4.69) is 0 Å². The topological polar surface area (TPSA) is 49.7 Å². The first-order chi connectivity index (χ1) is 5.87. The number of ether oxygens (including phenoxy) is 1. The SMILES string of the molecule is CC1(C)O[C@@]2(C)CC[C@@H]1[C@@H](O)[C@@H]2O. The van der Waals surface area contributed by atoms with Crippen LogP contribution in [0.1, 0.15) is 33.6 Å². The first-order valence-electron chi connectivity index (χ1n) is 4.93. The Labute approximate surface area is 78.7 Å². The third kappa shape index (κ3) is 1.14. The number of hydrogen-bond acceptors (Lipinski definition) is 3. The Morgan fingerprint density at radius 3 is 2.31 bits per heavy atom. The van der Waals surface area contributed by atoms with Gasteiger partial charge in [-0.3, -0.25) is 0 Å². The zero-order chi connectivity index (χ0) is 9.85. The van der Waals surface area contributed by atoms with E-state index in [-0.39, 0.29) is 11.5 Å². The Morgan fingerprint density at radius 1 is 1.23 bits per heavy atom. The molecule has 0 radical (unpaired) electrons. The standard InChI is InChI=1S/C10H18O3/c1-9(2)6-4-5-10(3,13-9)8(12)7(6)11/h6-8,11-12H,4-5H2,1-3H3/t6-,7-,8+,10+/m1/s1. The van der Waals surface area contributed by atoms with E-state index in [1.54, 1.807) is 0 Å². The summed E-state index contributed by atoms with van der Waals surface area (Å²) in [6, 6.07) is 0. The van der Waals surface area contributed by atoms with Crippen molar-refractivity contribution in [3.8, 4) is 0 Å². The first-order valence-corrected chi connectivity index (χ1v) is 4.93. The highest BCUT2D eigenvalue weighted by Gasteiger charge is 2.58. The Hall–Kier alpha value is -0.120. The average molecular weight is 186 g/mol. The van der Waals surface area contributed by atoms with E-state index in [0.29, 0.717) is 0 Å². The van der Waals surface area contributed by atoms with Crippen LogP contribution in [-0.4, -0.2) is 33.6 Å². The molecule has 76 valence electrons. The van der Waals surface area contributed by atoms with Crippen LogP contribution in [0.25, 0.3) is 0 Å². The van der Waals surface area contributed by atoms with Gasteiger partial charge in [0, 0.05) is 5.92 Å². The van der Waals surface area contributed by atoms with Crippen molar-refractivity contribution in [2.75, 3.05) is 0 Å². The largest absolute Gasteiger partial charge is 0.390 e. The maximum absolute atomic E-state index is 9.84. The molecular weight excluding hydrogens is 168 g/mol. The maximum atomic E-state index is 9.84. The number of rotatable bonds is 0. The second-order valence-electron chi connectivity index (χ2n) is 5.10. The van der Waals surface area contributed by atoms with Crippen molar-refractivity contribution in [3.05, 3.63) is 0 Å². The third-order valence-electron chi connectivity index (χ3n) is 3.70. The van der Waals surface area contributed by atoms with Crippen molar-refractivity contribution in [2.24, 2.45) is 5.92 Å². The molecule has 1 saturated carbocycles. The van der Waals surface area contributed by atoms with Crippen molar-refractivity contribution in [1.29, 1.82) is 0 Å². The predicted octanol–water partition coefficient (Wildman–Crippen LogP) is 0.686. The molecule has 2 saturated heterocycles. The Morgan fingerprint density at radius 2 is 1.85 bits per heavy atom. The first kappa shape index (κ1) is 9.44. The molecule has 13 heavy (non-hydrogen) atoms. The fourth-order valence-electron chi connectivity index (χ4n) is 2.89. The summed E-state index contributed by atoms with van der Waals surface area (Å²) in [5, 5.41) is 19.6. The molecular formula is C10H18O3. The minimum absolute atomic E-state index is 0.0734. The molecule has 2 bridgehead atoms. The van der Waals surface area contributed by atoms with E-state index >= 15 is 0 Å². The van der Waals surface area contributed by atoms with Crippen LogP contribution >= 0.6 is 0 Å². The van der Waals surface area contributed by atoms with Crippen LogP contribution in [0.3, 0.4) is 0 Å². The molecule has 0 aromatic carbocycles. The molecule has 3 heteroatoms. The lowest BCUT2D eigenvalue weighted by molar-refractivity contribution is -0.309. The zero-order valence-corrected chi connectivity index (χ0v) is 8.45. The summed E-state index contributed by atoms with van der Waals surface area (Å²) in [7, 11) is 0. The van der Waals surface area contributed by atoms with E-state index in [1.165, 1.54) is 0 Å². The summed E-state index contributed by atoms with van der Waals surface area (Å²) in [5.41, 5.74) is -0.844. The highest BCUT2D eigenvalue weighted by molar-refractivity contribution is 5.07. The Bertz CT molecular complexity index is 226. The minimum atomic E-state index is -0.723. The molecule has 3 fully saturated rings. The Balaban J connectivity index is 2.34. The van der Waals surface area contributed by atoms with Crippen LogP contribution in [0.2, 0.25) is 0 Å². The Kier molecular flexibility index (Phi) is 1.79. The predicted molar refractivity (Wildman–Crippen MR) is 48.3 cm³/mol. The van der Waals surface area contributed by atoms with Gasteiger partial charge in [0.25, 0.3) is 0 Å². The number of hydrogen-bond donors (Lipinski definition) is 2. The van der Waals surface area contributed by atoms with Crippen LogP contribution in [0.4, 0.5) is 0 Å². The molecule has 0 aromatic heterocycles. The van der Waals surface area contributed by atoms with Crippen molar-refractivity contribution in [3.63, 3.8) is 0 Å². The van der Waals surface area contributed by atoms with Gasteiger partial charge in [-0.1, -0.05) is 0 Å². The molecule has 0 amide bonds. The van der Waals surface area contributed by atoms with Gasteiger partial charge in [-0.2, -0.15) is 0 Å². The lowest BCUT2D eigenvalue weighted by Gasteiger charge is -2.58. The average Bonchev–Trinajstić information content (AvgIpc) is 1.97. The van der Waals surface area contributed by atoms with E-state index in [0.717, 1.165) is 12.8 Å². The van der Waals surface area contributed by atoms with Crippen molar-refractivity contribution >= 4 is 0 Å². The monoisotopic (exact) mass is 186 g/mol. The summed E-state index contributed by atoms with van der Waals surface area (Å²) >= 11 is 0. The molecule has 2 aliphatic heterocycles. The van der Waals surface area contributed by atoms with E-state index in [4.69, 9.17) is 4.74 Å². The van der Waals surface area contributed by atoms with E-state index in [1.807, 2.05) is 20.8 Å². The van der Waals surface area contributed by atoms with Gasteiger partial charge in [0.15, 0.2) is 0 Å². The van der Waals surface area contributed by atoms with Gasteiger partial charge in [-0.05, 0) is 33.6 Å². The minimum Gasteiger partial charge on any atom is -0.390 e. The molecule has 2 heterocycles. The molecule has 0 unspecified atom stereocenters. The summed E-state index contributed by atoms with van der Waals surface area (Å²) < 4.78 is 5.83. The van der Waals surface area contributed by atoms with Gasteiger partial charge in [-0.15, -0.1) is 0 Å². The fourth-order valence-corrected chi connectivity index (χ4v) is 2.89.